The highest BCUT2D eigenvalue weighted by atomic mass is 16.2. The summed E-state index contributed by atoms with van der Waals surface area (Å²) in [6.45, 7) is 6.18. The van der Waals surface area contributed by atoms with E-state index >= 15 is 0 Å². The van der Waals surface area contributed by atoms with Gasteiger partial charge in [-0.3, -0.25) is 4.79 Å². The fourth-order valence-corrected chi connectivity index (χ4v) is 1.37. The van der Waals surface area contributed by atoms with E-state index in [4.69, 9.17) is 12.2 Å². The fraction of sp³-hybridized carbons (Fsp3) is 0.417. The molecular formula is C12H17N3O. The number of nitrogens with two attached hydrogens (primary N) is 1. The van der Waals surface area contributed by atoms with Crippen LogP contribution in [0.1, 0.15) is 31.3 Å². The molecule has 0 saturated carbocycles. The molecule has 0 saturated heterocycles. The van der Waals surface area contributed by atoms with Gasteiger partial charge < -0.3 is 15.6 Å². The number of carbonyl (C=O) groups excluding carboxylic acids is 1. The van der Waals surface area contributed by atoms with E-state index < -0.39 is 5.54 Å². The van der Waals surface area contributed by atoms with Crippen LogP contribution in [0.2, 0.25) is 0 Å². The van der Waals surface area contributed by atoms with Gasteiger partial charge in [-0.15, -0.1) is 6.42 Å². The van der Waals surface area contributed by atoms with Crippen LogP contribution < -0.4 is 11.1 Å². The molecule has 0 radical (unpaired) electrons. The smallest absolute Gasteiger partial charge is 0.269 e. The Morgan fingerprint density at radius 1 is 1.69 bits per heavy atom. The van der Waals surface area contributed by atoms with Gasteiger partial charge in [0.1, 0.15) is 5.69 Å². The van der Waals surface area contributed by atoms with Crippen molar-refractivity contribution >= 4 is 11.6 Å². The van der Waals surface area contributed by atoms with Crippen LogP contribution in [-0.2, 0) is 6.54 Å². The Labute approximate surface area is 95.8 Å². The molecule has 0 aromatic carbocycles. The number of amides is 1. The van der Waals surface area contributed by atoms with Crippen molar-refractivity contribution in [3.8, 4) is 12.3 Å². The van der Waals surface area contributed by atoms with Gasteiger partial charge in [-0.05, 0) is 26.8 Å². The molecule has 0 aliphatic heterocycles. The molecule has 1 aromatic heterocycles. The molecule has 0 fully saturated rings. The molecule has 1 aromatic rings. The Morgan fingerprint density at radius 3 is 2.81 bits per heavy atom. The summed E-state index contributed by atoms with van der Waals surface area (Å²) in [5, 5.41) is 2.76. The van der Waals surface area contributed by atoms with E-state index in [2.05, 4.69) is 11.2 Å². The Balaban J connectivity index is 2.93. The highest BCUT2D eigenvalue weighted by Gasteiger charge is 2.20. The molecular weight excluding hydrogens is 202 g/mol. The first kappa shape index (κ1) is 12.2. The van der Waals surface area contributed by atoms with Crippen LogP contribution in [-0.4, -0.2) is 16.0 Å². The van der Waals surface area contributed by atoms with Crippen LogP contribution in [0.5, 0.6) is 0 Å². The first-order chi connectivity index (χ1) is 7.39. The normalized spacial score (nSPS) is 10.9. The van der Waals surface area contributed by atoms with Crippen LogP contribution in [0, 0.1) is 12.3 Å². The number of nitrogen functional groups attached to an aromatic ring is 1. The largest absolute Gasteiger partial charge is 0.397 e. The molecule has 4 heteroatoms. The molecule has 0 bridgehead atoms. The number of hydrogen-bond acceptors (Lipinski definition) is 2. The maximum Gasteiger partial charge on any atom is 0.269 e. The highest BCUT2D eigenvalue weighted by molar-refractivity contribution is 5.94. The molecule has 0 unspecified atom stereocenters. The first-order valence-electron chi connectivity index (χ1n) is 5.15. The number of rotatable bonds is 3. The summed E-state index contributed by atoms with van der Waals surface area (Å²) < 4.78 is 1.79. The van der Waals surface area contributed by atoms with Crippen LogP contribution >= 0.6 is 0 Å². The summed E-state index contributed by atoms with van der Waals surface area (Å²) in [5.74, 6) is 2.31. The summed E-state index contributed by atoms with van der Waals surface area (Å²) in [5.41, 5.74) is 6.10. The van der Waals surface area contributed by atoms with Gasteiger partial charge in [0.05, 0.1) is 11.2 Å². The van der Waals surface area contributed by atoms with Crippen molar-refractivity contribution in [3.05, 3.63) is 18.0 Å². The molecule has 0 spiro atoms. The standard InChI is InChI=1S/C12H17N3O/c1-5-12(3,4)14-11(16)10-7-9(13)8-15(10)6-2/h1,7-8H,6,13H2,2-4H3,(H,14,16). The molecule has 86 valence electrons. The maximum atomic E-state index is 11.9. The lowest BCUT2D eigenvalue weighted by Gasteiger charge is -2.19. The van der Waals surface area contributed by atoms with Crippen LogP contribution in [0.4, 0.5) is 5.69 Å². The van der Waals surface area contributed by atoms with Crippen molar-refractivity contribution in [2.75, 3.05) is 5.73 Å². The summed E-state index contributed by atoms with van der Waals surface area (Å²) >= 11 is 0. The van der Waals surface area contributed by atoms with Gasteiger partial charge >= 0.3 is 0 Å². The van der Waals surface area contributed by atoms with E-state index in [1.165, 1.54) is 0 Å². The lowest BCUT2D eigenvalue weighted by molar-refractivity contribution is 0.0920. The zero-order chi connectivity index (χ0) is 12.3. The molecule has 1 amide bonds. The number of anilines is 1. The SMILES string of the molecule is C#CC(C)(C)NC(=O)c1cc(N)cn1CC. The summed E-state index contributed by atoms with van der Waals surface area (Å²) in [4.78, 5) is 11.9. The minimum absolute atomic E-state index is 0.207. The zero-order valence-electron chi connectivity index (χ0n) is 9.87. The van der Waals surface area contributed by atoms with Gasteiger partial charge in [-0.1, -0.05) is 5.92 Å². The third-order valence-electron chi connectivity index (χ3n) is 2.28. The van der Waals surface area contributed by atoms with E-state index in [0.29, 0.717) is 17.9 Å². The maximum absolute atomic E-state index is 11.9. The highest BCUT2D eigenvalue weighted by Crippen LogP contribution is 2.12. The average molecular weight is 219 g/mol. The van der Waals surface area contributed by atoms with Crippen molar-refractivity contribution < 1.29 is 4.79 Å². The minimum atomic E-state index is -0.658. The Hall–Kier alpha value is -1.89. The lowest BCUT2D eigenvalue weighted by atomic mass is 10.1. The number of hydrogen-bond donors (Lipinski definition) is 2. The quantitative estimate of drug-likeness (QED) is 0.751. The molecule has 1 rings (SSSR count). The molecule has 16 heavy (non-hydrogen) atoms. The van der Waals surface area contributed by atoms with Crippen LogP contribution in [0.15, 0.2) is 12.3 Å². The second-order valence-corrected chi connectivity index (χ2v) is 4.17. The van der Waals surface area contributed by atoms with Crippen molar-refractivity contribution in [2.24, 2.45) is 0 Å². The second-order valence-electron chi connectivity index (χ2n) is 4.17. The molecule has 0 atom stereocenters. The molecule has 0 aliphatic rings. The number of carbonyl (C=O) groups is 1. The van der Waals surface area contributed by atoms with E-state index in [-0.39, 0.29) is 5.91 Å². The summed E-state index contributed by atoms with van der Waals surface area (Å²) in [6, 6.07) is 1.64. The number of aromatic nitrogens is 1. The molecule has 0 aliphatic carbocycles. The van der Waals surface area contributed by atoms with E-state index in [1.54, 1.807) is 30.7 Å². The number of nitrogens with one attached hydrogen (secondary N) is 1. The Bertz CT molecular complexity index is 438. The monoisotopic (exact) mass is 219 g/mol. The summed E-state index contributed by atoms with van der Waals surface area (Å²) in [7, 11) is 0. The minimum Gasteiger partial charge on any atom is -0.397 e. The van der Waals surface area contributed by atoms with Crippen molar-refractivity contribution in [1.82, 2.24) is 9.88 Å². The Morgan fingerprint density at radius 2 is 2.31 bits per heavy atom. The number of aryl methyl sites for hydroxylation is 1. The third kappa shape index (κ3) is 2.57. The van der Waals surface area contributed by atoms with Gasteiger partial charge in [-0.25, -0.2) is 0 Å². The van der Waals surface area contributed by atoms with Crippen molar-refractivity contribution in [3.63, 3.8) is 0 Å². The molecule has 3 N–H and O–H groups in total. The Kier molecular flexibility index (Phi) is 3.28. The summed E-state index contributed by atoms with van der Waals surface area (Å²) in [6.07, 6.45) is 7.05. The van der Waals surface area contributed by atoms with E-state index in [9.17, 15) is 4.79 Å². The van der Waals surface area contributed by atoms with Gasteiger partial charge in [-0.2, -0.15) is 0 Å². The van der Waals surface area contributed by atoms with Gasteiger partial charge in [0.25, 0.3) is 5.91 Å². The second kappa shape index (κ2) is 4.31. The lowest BCUT2D eigenvalue weighted by Crippen LogP contribution is -2.42. The number of terminal acetylenes is 1. The third-order valence-corrected chi connectivity index (χ3v) is 2.28. The molecule has 1 heterocycles. The predicted octanol–water partition coefficient (Wildman–Crippen LogP) is 1.23. The van der Waals surface area contributed by atoms with Gasteiger partial charge in [0, 0.05) is 12.7 Å². The fourth-order valence-electron chi connectivity index (χ4n) is 1.37. The predicted molar refractivity (Wildman–Crippen MR) is 64.9 cm³/mol. The topological polar surface area (TPSA) is 60.1 Å². The first-order valence-corrected chi connectivity index (χ1v) is 5.15. The van der Waals surface area contributed by atoms with Crippen LogP contribution in [0.3, 0.4) is 0 Å². The van der Waals surface area contributed by atoms with Crippen LogP contribution in [0.25, 0.3) is 0 Å². The van der Waals surface area contributed by atoms with Gasteiger partial charge in [0.15, 0.2) is 0 Å². The average Bonchev–Trinajstić information content (AvgIpc) is 2.59. The zero-order valence-corrected chi connectivity index (χ0v) is 9.87. The number of nitrogens with zero attached hydrogens (tertiary/aromatic N) is 1. The van der Waals surface area contributed by atoms with E-state index in [1.807, 2.05) is 6.92 Å². The van der Waals surface area contributed by atoms with Crippen molar-refractivity contribution in [2.45, 2.75) is 32.9 Å². The molecule has 4 nitrogen and oxygen atoms in total. The van der Waals surface area contributed by atoms with Gasteiger partial charge in [0.2, 0.25) is 0 Å². The van der Waals surface area contributed by atoms with Crippen molar-refractivity contribution in [1.29, 1.82) is 0 Å². The van der Waals surface area contributed by atoms with E-state index in [0.717, 1.165) is 0 Å².